The number of hydrogen-bond acceptors (Lipinski definition) is 7. The Bertz CT molecular complexity index is 1730. The lowest BCUT2D eigenvalue weighted by molar-refractivity contribution is -0.133. The van der Waals surface area contributed by atoms with Gasteiger partial charge in [-0.1, -0.05) is 19.1 Å². The number of amides is 3. The van der Waals surface area contributed by atoms with E-state index in [1.54, 1.807) is 20.8 Å². The highest BCUT2D eigenvalue weighted by molar-refractivity contribution is 7.92. The molecule has 0 aromatic heterocycles. The smallest absolute Gasteiger partial charge is 0.411 e. The van der Waals surface area contributed by atoms with Crippen molar-refractivity contribution in [3.8, 4) is 0 Å². The maximum atomic E-state index is 15.0. The first-order valence-electron chi connectivity index (χ1n) is 14.5. The molecule has 3 amide bonds. The molecule has 0 radical (unpaired) electrons. The van der Waals surface area contributed by atoms with Gasteiger partial charge in [-0.3, -0.25) is 14.9 Å². The Hall–Kier alpha value is -4.52. The van der Waals surface area contributed by atoms with E-state index >= 15 is 4.39 Å². The Morgan fingerprint density at radius 2 is 1.76 bits per heavy atom. The second kappa shape index (κ2) is 13.6. The van der Waals surface area contributed by atoms with E-state index < -0.39 is 56.7 Å². The lowest BCUT2D eigenvalue weighted by Crippen LogP contribution is -2.38. The molecule has 0 bridgehead atoms. The number of anilines is 2. The van der Waals surface area contributed by atoms with Gasteiger partial charge in [0.05, 0.1) is 29.0 Å². The Morgan fingerprint density at radius 1 is 1.04 bits per heavy atom. The average molecular weight is 643 g/mol. The molecule has 10 nitrogen and oxygen atoms in total. The Morgan fingerprint density at radius 3 is 2.40 bits per heavy atom. The van der Waals surface area contributed by atoms with Crippen LogP contribution in [-0.4, -0.2) is 50.1 Å². The van der Waals surface area contributed by atoms with Gasteiger partial charge in [-0.25, -0.2) is 22.0 Å². The second-order valence-corrected chi connectivity index (χ2v) is 13.5. The van der Waals surface area contributed by atoms with Crippen LogP contribution < -0.4 is 16.4 Å². The van der Waals surface area contributed by atoms with Crippen LogP contribution in [0.2, 0.25) is 0 Å². The number of hydrogen-bond donors (Lipinski definition) is 3. The van der Waals surface area contributed by atoms with Gasteiger partial charge < -0.3 is 20.7 Å². The van der Waals surface area contributed by atoms with E-state index in [1.165, 1.54) is 60.5 Å². The van der Waals surface area contributed by atoms with Gasteiger partial charge in [-0.05, 0) is 92.3 Å². The van der Waals surface area contributed by atoms with E-state index in [2.05, 4.69) is 15.4 Å². The minimum absolute atomic E-state index is 0.0101. The number of methoxy groups -OCH3 is 1. The number of carbonyl (C=O) groups excluding carboxylic acids is 3. The quantitative estimate of drug-likeness (QED) is 0.264. The largest absolute Gasteiger partial charge is 0.453 e. The second-order valence-electron chi connectivity index (χ2n) is 11.0. The molecule has 0 saturated carbocycles. The normalized spacial score (nSPS) is 15.5. The van der Waals surface area contributed by atoms with E-state index in [-0.39, 0.29) is 28.4 Å². The third-order valence-corrected chi connectivity index (χ3v) is 10.1. The van der Waals surface area contributed by atoms with Crippen molar-refractivity contribution >= 4 is 39.1 Å². The molecule has 2 atom stereocenters. The average Bonchev–Trinajstić information content (AvgIpc) is 3.50. The molecule has 2 unspecified atom stereocenters. The van der Waals surface area contributed by atoms with Crippen LogP contribution in [-0.2, 0) is 25.8 Å². The summed E-state index contributed by atoms with van der Waals surface area (Å²) in [6.07, 6.45) is 0.492. The molecular formula is C32H36F2N4O6S. The van der Waals surface area contributed by atoms with Crippen LogP contribution in [0.25, 0.3) is 0 Å². The van der Waals surface area contributed by atoms with Crippen LogP contribution >= 0.6 is 0 Å². The van der Waals surface area contributed by atoms with Crippen molar-refractivity contribution in [1.29, 1.82) is 0 Å². The summed E-state index contributed by atoms with van der Waals surface area (Å²) < 4.78 is 61.1. The zero-order valence-corrected chi connectivity index (χ0v) is 26.2. The number of benzene rings is 3. The van der Waals surface area contributed by atoms with Crippen molar-refractivity contribution in [3.05, 3.63) is 88.5 Å². The van der Waals surface area contributed by atoms with Crippen molar-refractivity contribution in [2.75, 3.05) is 24.3 Å². The lowest BCUT2D eigenvalue weighted by Gasteiger charge is -2.32. The number of likely N-dealkylation sites (tertiary alicyclic amines) is 1. The topological polar surface area (TPSA) is 148 Å². The molecule has 3 aromatic rings. The number of sulfone groups is 1. The first-order chi connectivity index (χ1) is 21.3. The van der Waals surface area contributed by atoms with Gasteiger partial charge >= 0.3 is 6.09 Å². The standard InChI is InChI=1S/C32H36F2N4O6S/c1-5-19-15-20(8-11-24(19)33)29(37-26-16-21(30(35)39)9-12-25(26)34)31(40)38-14-6-7-27(38)23-17-22(36-32(41)44-4)10-13-28(23)45(42,43)18(2)3/h8-13,15-18,27,29,37H,5-7,14H2,1-4H3,(H2,35,39)(H,36,41). The van der Waals surface area contributed by atoms with E-state index in [4.69, 9.17) is 5.73 Å². The summed E-state index contributed by atoms with van der Waals surface area (Å²) in [7, 11) is -2.64. The maximum Gasteiger partial charge on any atom is 0.411 e. The van der Waals surface area contributed by atoms with E-state index in [1.807, 2.05) is 0 Å². The number of rotatable bonds is 10. The van der Waals surface area contributed by atoms with Crippen LogP contribution in [0.1, 0.15) is 72.7 Å². The first kappa shape index (κ1) is 33.4. The predicted octanol–water partition coefficient (Wildman–Crippen LogP) is 5.50. The number of halogens is 2. The molecule has 13 heteroatoms. The molecule has 1 aliphatic heterocycles. The molecule has 240 valence electrons. The predicted molar refractivity (Wildman–Crippen MR) is 166 cm³/mol. The van der Waals surface area contributed by atoms with Crippen molar-refractivity contribution < 1.29 is 36.3 Å². The summed E-state index contributed by atoms with van der Waals surface area (Å²) in [6, 6.07) is 9.97. The van der Waals surface area contributed by atoms with Crippen molar-refractivity contribution in [2.45, 2.75) is 62.3 Å². The van der Waals surface area contributed by atoms with E-state index in [0.29, 0.717) is 36.0 Å². The highest BCUT2D eigenvalue weighted by Gasteiger charge is 2.38. The van der Waals surface area contributed by atoms with Crippen LogP contribution in [0.3, 0.4) is 0 Å². The Labute approximate surface area is 260 Å². The monoisotopic (exact) mass is 642 g/mol. The SMILES string of the molecule is CCc1cc(C(Nc2cc(C(N)=O)ccc2F)C(=O)N2CCCC2c2cc(NC(=O)OC)ccc2S(=O)(=O)C(C)C)ccc1F. The van der Waals surface area contributed by atoms with Gasteiger partial charge in [-0.15, -0.1) is 0 Å². The van der Waals surface area contributed by atoms with Crippen molar-refractivity contribution in [2.24, 2.45) is 5.73 Å². The summed E-state index contributed by atoms with van der Waals surface area (Å²) in [5, 5.41) is 4.66. The van der Waals surface area contributed by atoms with Gasteiger partial charge in [0.25, 0.3) is 0 Å². The number of carbonyl (C=O) groups is 3. The van der Waals surface area contributed by atoms with Gasteiger partial charge in [0.15, 0.2) is 9.84 Å². The third-order valence-electron chi connectivity index (χ3n) is 7.85. The summed E-state index contributed by atoms with van der Waals surface area (Å²) in [6.45, 7) is 5.09. The van der Waals surface area contributed by atoms with Gasteiger partial charge in [-0.2, -0.15) is 0 Å². The molecule has 4 rings (SSSR count). The summed E-state index contributed by atoms with van der Waals surface area (Å²) in [4.78, 5) is 39.8. The molecule has 45 heavy (non-hydrogen) atoms. The zero-order chi connectivity index (χ0) is 33.1. The first-order valence-corrected chi connectivity index (χ1v) is 16.0. The molecule has 1 fully saturated rings. The number of aryl methyl sites for hydroxylation is 1. The van der Waals surface area contributed by atoms with Gasteiger partial charge in [0.2, 0.25) is 11.8 Å². The Balaban J connectivity index is 1.84. The van der Waals surface area contributed by atoms with Gasteiger partial charge in [0.1, 0.15) is 17.7 Å². The molecular weight excluding hydrogens is 606 g/mol. The third kappa shape index (κ3) is 7.08. The molecule has 0 spiro atoms. The highest BCUT2D eigenvalue weighted by Crippen LogP contribution is 2.40. The fraction of sp³-hybridized carbons (Fsp3) is 0.344. The van der Waals surface area contributed by atoms with Crippen LogP contribution in [0.15, 0.2) is 59.5 Å². The Kier molecular flexibility index (Phi) is 10.1. The highest BCUT2D eigenvalue weighted by atomic mass is 32.2. The van der Waals surface area contributed by atoms with Crippen molar-refractivity contribution in [1.82, 2.24) is 4.90 Å². The minimum atomic E-state index is -3.83. The molecule has 3 aromatic carbocycles. The van der Waals surface area contributed by atoms with Crippen LogP contribution in [0.4, 0.5) is 25.0 Å². The summed E-state index contributed by atoms with van der Waals surface area (Å²) in [5.74, 6) is -2.54. The molecule has 1 heterocycles. The van der Waals surface area contributed by atoms with Crippen LogP contribution in [0.5, 0.6) is 0 Å². The number of primary amides is 1. The zero-order valence-electron chi connectivity index (χ0n) is 25.4. The summed E-state index contributed by atoms with van der Waals surface area (Å²) >= 11 is 0. The fourth-order valence-electron chi connectivity index (χ4n) is 5.37. The van der Waals surface area contributed by atoms with E-state index in [9.17, 15) is 27.2 Å². The number of nitrogens with zero attached hydrogens (tertiary/aromatic N) is 1. The van der Waals surface area contributed by atoms with Crippen LogP contribution in [0, 0.1) is 11.6 Å². The fourth-order valence-corrected chi connectivity index (χ4v) is 6.65. The number of ether oxygens (including phenoxy) is 1. The van der Waals surface area contributed by atoms with E-state index in [0.717, 1.165) is 6.07 Å². The molecule has 0 aliphatic carbocycles. The summed E-state index contributed by atoms with van der Waals surface area (Å²) in [5.41, 5.74) is 6.49. The van der Waals surface area contributed by atoms with Crippen molar-refractivity contribution in [3.63, 3.8) is 0 Å². The maximum absolute atomic E-state index is 15.0. The molecule has 1 saturated heterocycles. The molecule has 1 aliphatic rings. The number of nitrogens with one attached hydrogen (secondary N) is 2. The van der Waals surface area contributed by atoms with Gasteiger partial charge in [0, 0.05) is 17.8 Å². The molecule has 4 N–H and O–H groups in total. The lowest BCUT2D eigenvalue weighted by atomic mass is 9.98. The minimum Gasteiger partial charge on any atom is -0.453 e. The number of nitrogens with two attached hydrogens (primary N) is 1.